The second kappa shape index (κ2) is 6.48. The Hall–Kier alpha value is -0.940. The number of likely N-dealkylation sites (N-methyl/N-ethyl adjacent to an activating group) is 1. The van der Waals surface area contributed by atoms with Crippen molar-refractivity contribution in [1.29, 1.82) is 0 Å². The standard InChI is InChI=1S/C14H18BrFN2O/c1-17-14(19)13-4-2-3-7-18(13)9-10-5-6-12(16)11(15)8-10/h5-6,8,13H,2-4,7,9H2,1H3,(H,17,19). The van der Waals surface area contributed by atoms with Gasteiger partial charge in [0.05, 0.1) is 10.5 Å². The molecule has 1 atom stereocenters. The summed E-state index contributed by atoms with van der Waals surface area (Å²) < 4.78 is 13.7. The van der Waals surface area contributed by atoms with Gasteiger partial charge in [-0.05, 0) is 53.0 Å². The van der Waals surface area contributed by atoms with E-state index in [0.717, 1.165) is 31.4 Å². The van der Waals surface area contributed by atoms with Gasteiger partial charge in [0.25, 0.3) is 0 Å². The quantitative estimate of drug-likeness (QED) is 0.925. The van der Waals surface area contributed by atoms with Crippen molar-refractivity contribution in [1.82, 2.24) is 10.2 Å². The summed E-state index contributed by atoms with van der Waals surface area (Å²) in [6, 6.07) is 4.95. The van der Waals surface area contributed by atoms with Crippen molar-refractivity contribution < 1.29 is 9.18 Å². The molecule has 1 aliphatic rings. The molecular formula is C14H18BrFN2O. The lowest BCUT2D eigenvalue weighted by atomic mass is 10.0. The lowest BCUT2D eigenvalue weighted by Crippen LogP contribution is -2.48. The van der Waals surface area contributed by atoms with Crippen LogP contribution in [0.2, 0.25) is 0 Å². The molecule has 1 amide bonds. The zero-order valence-corrected chi connectivity index (χ0v) is 12.5. The zero-order chi connectivity index (χ0) is 13.8. The zero-order valence-electron chi connectivity index (χ0n) is 11.0. The summed E-state index contributed by atoms with van der Waals surface area (Å²) >= 11 is 3.20. The fourth-order valence-corrected chi connectivity index (χ4v) is 2.94. The highest BCUT2D eigenvalue weighted by Crippen LogP contribution is 2.22. The van der Waals surface area contributed by atoms with Gasteiger partial charge in [0.1, 0.15) is 5.82 Å². The largest absolute Gasteiger partial charge is 0.358 e. The minimum absolute atomic E-state index is 0.0671. The van der Waals surface area contributed by atoms with Crippen LogP contribution in [0.25, 0.3) is 0 Å². The van der Waals surface area contributed by atoms with Gasteiger partial charge in [-0.1, -0.05) is 12.5 Å². The van der Waals surface area contributed by atoms with Crippen molar-refractivity contribution in [2.75, 3.05) is 13.6 Å². The maximum atomic E-state index is 13.2. The van der Waals surface area contributed by atoms with Gasteiger partial charge in [-0.2, -0.15) is 0 Å². The number of carbonyl (C=O) groups excluding carboxylic acids is 1. The van der Waals surface area contributed by atoms with Gasteiger partial charge in [-0.25, -0.2) is 4.39 Å². The number of nitrogens with zero attached hydrogens (tertiary/aromatic N) is 1. The predicted molar refractivity (Wildman–Crippen MR) is 76.2 cm³/mol. The number of rotatable bonds is 3. The third kappa shape index (κ3) is 3.54. The number of piperidine rings is 1. The van der Waals surface area contributed by atoms with E-state index in [9.17, 15) is 9.18 Å². The van der Waals surface area contributed by atoms with E-state index in [4.69, 9.17) is 0 Å². The SMILES string of the molecule is CNC(=O)C1CCCCN1Cc1ccc(F)c(Br)c1. The van der Waals surface area contributed by atoms with E-state index in [2.05, 4.69) is 26.1 Å². The van der Waals surface area contributed by atoms with E-state index in [0.29, 0.717) is 11.0 Å². The molecule has 1 unspecified atom stereocenters. The summed E-state index contributed by atoms with van der Waals surface area (Å²) in [6.45, 7) is 1.59. The smallest absolute Gasteiger partial charge is 0.237 e. The van der Waals surface area contributed by atoms with Crippen LogP contribution in [0.5, 0.6) is 0 Å². The third-order valence-electron chi connectivity index (χ3n) is 3.53. The molecule has 0 saturated carbocycles. The van der Waals surface area contributed by atoms with Crippen molar-refractivity contribution in [2.24, 2.45) is 0 Å². The first-order valence-electron chi connectivity index (χ1n) is 6.51. The van der Waals surface area contributed by atoms with Crippen molar-refractivity contribution in [3.63, 3.8) is 0 Å². The molecule has 0 aromatic heterocycles. The van der Waals surface area contributed by atoms with E-state index < -0.39 is 0 Å². The Morgan fingerprint density at radius 2 is 2.32 bits per heavy atom. The van der Waals surface area contributed by atoms with E-state index in [1.165, 1.54) is 6.07 Å². The summed E-state index contributed by atoms with van der Waals surface area (Å²) in [4.78, 5) is 14.0. The normalized spacial score (nSPS) is 20.3. The highest BCUT2D eigenvalue weighted by Gasteiger charge is 2.27. The van der Waals surface area contributed by atoms with Crippen LogP contribution in [0, 0.1) is 5.82 Å². The average Bonchev–Trinajstić information content (AvgIpc) is 2.43. The number of nitrogens with one attached hydrogen (secondary N) is 1. The third-order valence-corrected chi connectivity index (χ3v) is 4.14. The number of carbonyl (C=O) groups is 1. The monoisotopic (exact) mass is 328 g/mol. The van der Waals surface area contributed by atoms with Crippen LogP contribution in [0.1, 0.15) is 24.8 Å². The van der Waals surface area contributed by atoms with Gasteiger partial charge in [0, 0.05) is 13.6 Å². The molecule has 0 aliphatic carbocycles. The molecule has 0 bridgehead atoms. The van der Waals surface area contributed by atoms with Crippen molar-refractivity contribution in [3.8, 4) is 0 Å². The number of hydrogen-bond donors (Lipinski definition) is 1. The highest BCUT2D eigenvalue weighted by molar-refractivity contribution is 9.10. The molecule has 2 rings (SSSR count). The first-order chi connectivity index (χ1) is 9.11. The Labute approximate surface area is 121 Å². The number of halogens is 2. The van der Waals surface area contributed by atoms with Crippen molar-refractivity contribution in [3.05, 3.63) is 34.1 Å². The summed E-state index contributed by atoms with van der Waals surface area (Å²) in [7, 11) is 1.67. The average molecular weight is 329 g/mol. The number of likely N-dealkylation sites (tertiary alicyclic amines) is 1. The maximum absolute atomic E-state index is 13.2. The molecule has 1 aromatic carbocycles. The first kappa shape index (κ1) is 14.5. The highest BCUT2D eigenvalue weighted by atomic mass is 79.9. The molecule has 104 valence electrons. The second-order valence-corrected chi connectivity index (χ2v) is 5.70. The van der Waals surface area contributed by atoms with Gasteiger partial charge in [-0.3, -0.25) is 9.69 Å². The Morgan fingerprint density at radius 3 is 3.00 bits per heavy atom. The minimum Gasteiger partial charge on any atom is -0.358 e. The molecule has 19 heavy (non-hydrogen) atoms. The Bertz CT molecular complexity index is 467. The minimum atomic E-state index is -0.259. The van der Waals surface area contributed by atoms with Crippen LogP contribution in [-0.4, -0.2) is 30.4 Å². The maximum Gasteiger partial charge on any atom is 0.237 e. The molecule has 1 fully saturated rings. The van der Waals surface area contributed by atoms with Gasteiger partial charge in [0.2, 0.25) is 5.91 Å². The van der Waals surface area contributed by atoms with E-state index >= 15 is 0 Å². The lowest BCUT2D eigenvalue weighted by molar-refractivity contribution is -0.127. The topological polar surface area (TPSA) is 32.3 Å². The second-order valence-electron chi connectivity index (χ2n) is 4.84. The fourth-order valence-electron chi connectivity index (χ4n) is 2.52. The lowest BCUT2D eigenvalue weighted by Gasteiger charge is -2.34. The molecule has 0 spiro atoms. The van der Waals surface area contributed by atoms with Crippen LogP contribution in [0.4, 0.5) is 4.39 Å². The van der Waals surface area contributed by atoms with Gasteiger partial charge >= 0.3 is 0 Å². The summed E-state index contributed by atoms with van der Waals surface area (Å²) in [5.41, 5.74) is 1.02. The molecule has 1 aromatic rings. The van der Waals surface area contributed by atoms with E-state index in [-0.39, 0.29) is 17.8 Å². The first-order valence-corrected chi connectivity index (χ1v) is 7.30. The van der Waals surface area contributed by atoms with Crippen LogP contribution in [0.15, 0.2) is 22.7 Å². The number of amides is 1. The van der Waals surface area contributed by atoms with Crippen LogP contribution >= 0.6 is 15.9 Å². The molecule has 1 saturated heterocycles. The molecule has 1 N–H and O–H groups in total. The van der Waals surface area contributed by atoms with E-state index in [1.807, 2.05) is 0 Å². The molecule has 5 heteroatoms. The van der Waals surface area contributed by atoms with Crippen molar-refractivity contribution >= 4 is 21.8 Å². The Balaban J connectivity index is 2.10. The number of hydrogen-bond acceptors (Lipinski definition) is 2. The van der Waals surface area contributed by atoms with Crippen LogP contribution in [0.3, 0.4) is 0 Å². The van der Waals surface area contributed by atoms with Crippen LogP contribution in [-0.2, 0) is 11.3 Å². The van der Waals surface area contributed by atoms with Crippen LogP contribution < -0.4 is 5.32 Å². The summed E-state index contributed by atoms with van der Waals surface area (Å²) in [5, 5.41) is 2.72. The fraction of sp³-hybridized carbons (Fsp3) is 0.500. The molecule has 1 heterocycles. The molecule has 3 nitrogen and oxygen atoms in total. The Kier molecular flexibility index (Phi) is 4.93. The Morgan fingerprint density at radius 1 is 1.53 bits per heavy atom. The molecular weight excluding hydrogens is 311 g/mol. The molecule has 0 radical (unpaired) electrons. The molecule has 1 aliphatic heterocycles. The van der Waals surface area contributed by atoms with Gasteiger partial charge < -0.3 is 5.32 Å². The number of benzene rings is 1. The van der Waals surface area contributed by atoms with Gasteiger partial charge in [-0.15, -0.1) is 0 Å². The summed E-state index contributed by atoms with van der Waals surface area (Å²) in [5.74, 6) is -0.189. The summed E-state index contributed by atoms with van der Waals surface area (Å²) in [6.07, 6.45) is 3.08. The van der Waals surface area contributed by atoms with Gasteiger partial charge in [0.15, 0.2) is 0 Å². The van der Waals surface area contributed by atoms with E-state index in [1.54, 1.807) is 19.2 Å². The van der Waals surface area contributed by atoms with Crippen molar-refractivity contribution in [2.45, 2.75) is 31.8 Å². The predicted octanol–water partition coefficient (Wildman–Crippen LogP) is 2.69.